The molecule has 4 aromatic rings. The minimum absolute atomic E-state index is 0.259. The van der Waals surface area contributed by atoms with Crippen LogP contribution in [0.1, 0.15) is 29.2 Å². The Morgan fingerprint density at radius 3 is 2.46 bits per heavy atom. The summed E-state index contributed by atoms with van der Waals surface area (Å²) in [7, 11) is 0. The number of carbonyl (C=O) groups excluding carboxylic acids is 2. The number of thioether (sulfide) groups is 1. The summed E-state index contributed by atoms with van der Waals surface area (Å²) in [6.07, 6.45) is 1.73. The maximum Gasteiger partial charge on any atom is 0.293 e. The number of nitrogens with zero attached hydrogens (tertiary/aromatic N) is 1. The molecule has 186 valence electrons. The zero-order chi connectivity index (χ0) is 25.8. The molecular formula is C31H27NO4S. The molecule has 0 spiro atoms. The fraction of sp³-hybridized carbons (Fsp3) is 0.161. The number of aryl methyl sites for hydroxylation is 1. The third-order valence-electron chi connectivity index (χ3n) is 6.07. The van der Waals surface area contributed by atoms with Gasteiger partial charge in [0.05, 0.1) is 18.1 Å². The van der Waals surface area contributed by atoms with Crippen LogP contribution in [0, 0.1) is 6.92 Å². The number of carbonyl (C=O) groups is 2. The minimum atomic E-state index is -0.286. The molecule has 0 unspecified atom stereocenters. The topological polar surface area (TPSA) is 55.8 Å². The second-order valence-corrected chi connectivity index (χ2v) is 9.86. The van der Waals surface area contributed by atoms with E-state index in [4.69, 9.17) is 9.47 Å². The van der Waals surface area contributed by atoms with Gasteiger partial charge in [-0.2, -0.15) is 0 Å². The molecule has 1 aliphatic rings. The normalized spacial score (nSPS) is 14.5. The van der Waals surface area contributed by atoms with E-state index in [0.717, 1.165) is 34.0 Å². The lowest BCUT2D eigenvalue weighted by Gasteiger charge is -2.13. The molecule has 0 N–H and O–H groups in total. The zero-order valence-corrected chi connectivity index (χ0v) is 21.6. The van der Waals surface area contributed by atoms with E-state index in [1.807, 2.05) is 68.4 Å². The second-order valence-electron chi connectivity index (χ2n) is 8.87. The number of fused-ring (bicyclic) bond motifs is 1. The lowest BCUT2D eigenvalue weighted by Crippen LogP contribution is -2.27. The van der Waals surface area contributed by atoms with E-state index in [9.17, 15) is 9.59 Å². The highest BCUT2D eigenvalue weighted by atomic mass is 32.2. The number of ether oxygens (including phenoxy) is 2. The van der Waals surface area contributed by atoms with Crippen LogP contribution in [0.15, 0.2) is 89.8 Å². The van der Waals surface area contributed by atoms with Crippen LogP contribution in [-0.4, -0.2) is 22.7 Å². The van der Waals surface area contributed by atoms with Crippen molar-refractivity contribution in [1.82, 2.24) is 4.90 Å². The molecule has 1 aliphatic heterocycles. The first-order chi connectivity index (χ1) is 18.0. The van der Waals surface area contributed by atoms with Gasteiger partial charge in [0.1, 0.15) is 6.61 Å². The molecule has 1 heterocycles. The molecule has 1 saturated heterocycles. The van der Waals surface area contributed by atoms with Gasteiger partial charge < -0.3 is 9.47 Å². The summed E-state index contributed by atoms with van der Waals surface area (Å²) >= 11 is 0.958. The first-order valence-electron chi connectivity index (χ1n) is 12.2. The van der Waals surface area contributed by atoms with Crippen molar-refractivity contribution in [2.24, 2.45) is 0 Å². The van der Waals surface area contributed by atoms with Gasteiger partial charge in [-0.3, -0.25) is 14.5 Å². The van der Waals surface area contributed by atoms with Crippen molar-refractivity contribution in [3.05, 3.63) is 112 Å². The predicted molar refractivity (Wildman–Crippen MR) is 149 cm³/mol. The fourth-order valence-corrected chi connectivity index (χ4v) is 5.11. The first-order valence-corrected chi connectivity index (χ1v) is 13.0. The molecule has 0 radical (unpaired) electrons. The van der Waals surface area contributed by atoms with E-state index >= 15 is 0 Å². The molecule has 0 saturated carbocycles. The average Bonchev–Trinajstić information content (AvgIpc) is 3.15. The molecule has 1 fully saturated rings. The van der Waals surface area contributed by atoms with Crippen molar-refractivity contribution in [2.45, 2.75) is 27.0 Å². The Bertz CT molecular complexity index is 1510. The van der Waals surface area contributed by atoms with Crippen LogP contribution in [0.4, 0.5) is 4.79 Å². The molecule has 0 atom stereocenters. The summed E-state index contributed by atoms with van der Waals surface area (Å²) < 4.78 is 11.9. The molecule has 2 amide bonds. The molecule has 0 aliphatic carbocycles. The number of amides is 2. The first kappa shape index (κ1) is 24.7. The van der Waals surface area contributed by atoms with Gasteiger partial charge in [0.25, 0.3) is 11.1 Å². The average molecular weight is 510 g/mol. The summed E-state index contributed by atoms with van der Waals surface area (Å²) in [5, 5.41) is 2.09. The van der Waals surface area contributed by atoms with Crippen LogP contribution in [0.3, 0.4) is 0 Å². The Morgan fingerprint density at radius 2 is 1.65 bits per heavy atom. The Kier molecular flexibility index (Phi) is 7.28. The van der Waals surface area contributed by atoms with Gasteiger partial charge in [-0.05, 0) is 77.3 Å². The van der Waals surface area contributed by atoms with Crippen LogP contribution in [-0.2, 0) is 17.9 Å². The van der Waals surface area contributed by atoms with Gasteiger partial charge in [0, 0.05) is 0 Å². The molecule has 4 aromatic carbocycles. The summed E-state index contributed by atoms with van der Waals surface area (Å²) in [5.74, 6) is 0.932. The van der Waals surface area contributed by atoms with Crippen LogP contribution in [0.2, 0.25) is 0 Å². The van der Waals surface area contributed by atoms with Gasteiger partial charge in [-0.25, -0.2) is 0 Å². The van der Waals surface area contributed by atoms with E-state index < -0.39 is 0 Å². The molecule has 6 heteroatoms. The fourth-order valence-electron chi connectivity index (χ4n) is 4.27. The highest BCUT2D eigenvalue weighted by Crippen LogP contribution is 2.35. The highest BCUT2D eigenvalue weighted by molar-refractivity contribution is 8.18. The summed E-state index contributed by atoms with van der Waals surface area (Å²) in [6.45, 7) is 5.04. The van der Waals surface area contributed by atoms with E-state index in [2.05, 4.69) is 30.3 Å². The van der Waals surface area contributed by atoms with E-state index in [-0.39, 0.29) is 17.7 Å². The lowest BCUT2D eigenvalue weighted by molar-refractivity contribution is -0.123. The Labute approximate surface area is 220 Å². The standard InChI is InChI=1S/C31H27NO4S/c1-3-35-28-17-22(12-14-27(28)36-20-24-11-13-25-9-4-5-10-26(25)16-24)18-29-30(33)32(31(34)37-29)19-23-8-6-7-21(2)15-23/h4-18H,3,19-20H2,1-2H3/b29-18-. The molecule has 5 nitrogen and oxygen atoms in total. The van der Waals surface area contributed by atoms with Crippen LogP contribution in [0.25, 0.3) is 16.8 Å². The van der Waals surface area contributed by atoms with Crippen molar-refractivity contribution >= 4 is 39.8 Å². The van der Waals surface area contributed by atoms with Gasteiger partial charge in [-0.1, -0.05) is 72.3 Å². The number of hydrogen-bond acceptors (Lipinski definition) is 5. The minimum Gasteiger partial charge on any atom is -0.490 e. The van der Waals surface area contributed by atoms with E-state index in [0.29, 0.717) is 29.6 Å². The highest BCUT2D eigenvalue weighted by Gasteiger charge is 2.35. The predicted octanol–water partition coefficient (Wildman–Crippen LogP) is 7.36. The number of rotatable bonds is 8. The SMILES string of the molecule is CCOc1cc(/C=C2\SC(=O)N(Cc3cccc(C)c3)C2=O)ccc1OCc1ccc2ccccc2c1. The van der Waals surface area contributed by atoms with Gasteiger partial charge >= 0.3 is 0 Å². The van der Waals surface area contributed by atoms with Crippen molar-refractivity contribution in [1.29, 1.82) is 0 Å². The summed E-state index contributed by atoms with van der Waals surface area (Å²) in [6, 6.07) is 27.9. The largest absolute Gasteiger partial charge is 0.490 e. The maximum atomic E-state index is 13.0. The van der Waals surface area contributed by atoms with Crippen molar-refractivity contribution in [3.8, 4) is 11.5 Å². The quantitative estimate of drug-likeness (QED) is 0.232. The number of benzene rings is 4. The van der Waals surface area contributed by atoms with E-state index in [1.165, 1.54) is 15.7 Å². The van der Waals surface area contributed by atoms with Gasteiger partial charge in [0.15, 0.2) is 11.5 Å². The third kappa shape index (κ3) is 5.70. The van der Waals surface area contributed by atoms with Crippen LogP contribution < -0.4 is 9.47 Å². The molecule has 37 heavy (non-hydrogen) atoms. The van der Waals surface area contributed by atoms with Crippen molar-refractivity contribution in [2.75, 3.05) is 6.61 Å². The second kappa shape index (κ2) is 10.9. The van der Waals surface area contributed by atoms with Crippen molar-refractivity contribution < 1.29 is 19.1 Å². The Morgan fingerprint density at radius 1 is 0.811 bits per heavy atom. The maximum absolute atomic E-state index is 13.0. The zero-order valence-electron chi connectivity index (χ0n) is 20.8. The Hall–Kier alpha value is -4.03. The molecular weight excluding hydrogens is 482 g/mol. The lowest BCUT2D eigenvalue weighted by atomic mass is 10.1. The monoisotopic (exact) mass is 509 g/mol. The van der Waals surface area contributed by atoms with Gasteiger partial charge in [0.2, 0.25) is 0 Å². The molecule has 5 rings (SSSR count). The summed E-state index contributed by atoms with van der Waals surface area (Å²) in [4.78, 5) is 27.3. The molecule has 0 bridgehead atoms. The third-order valence-corrected chi connectivity index (χ3v) is 6.98. The van der Waals surface area contributed by atoms with Crippen molar-refractivity contribution in [3.63, 3.8) is 0 Å². The number of hydrogen-bond donors (Lipinski definition) is 0. The van der Waals surface area contributed by atoms with E-state index in [1.54, 1.807) is 6.08 Å². The van der Waals surface area contributed by atoms with Crippen LogP contribution >= 0.6 is 11.8 Å². The smallest absolute Gasteiger partial charge is 0.293 e. The van der Waals surface area contributed by atoms with Crippen LogP contribution in [0.5, 0.6) is 11.5 Å². The number of imide groups is 1. The Balaban J connectivity index is 1.32. The molecule has 0 aromatic heterocycles. The van der Waals surface area contributed by atoms with Gasteiger partial charge in [-0.15, -0.1) is 0 Å². The summed E-state index contributed by atoms with van der Waals surface area (Å²) in [5.41, 5.74) is 3.84.